The fourth-order valence-electron chi connectivity index (χ4n) is 2.77. The van der Waals surface area contributed by atoms with E-state index in [4.69, 9.17) is 22.4 Å². The van der Waals surface area contributed by atoms with Crippen LogP contribution in [-0.4, -0.2) is 20.0 Å². The van der Waals surface area contributed by atoms with Gasteiger partial charge < -0.3 is 5.73 Å². The molecule has 0 radical (unpaired) electrons. The number of hydrogen-bond donors (Lipinski definition) is 1. The molecule has 6 heteroatoms. The summed E-state index contributed by atoms with van der Waals surface area (Å²) in [7, 11) is 0. The third-order valence-electron chi connectivity index (χ3n) is 3.91. The Labute approximate surface area is 143 Å². The molecule has 0 aliphatic rings. The second-order valence-electron chi connectivity index (χ2n) is 5.50. The minimum absolute atomic E-state index is 0.370. The Balaban J connectivity index is 2.11. The third kappa shape index (κ3) is 2.30. The first-order valence-electron chi connectivity index (χ1n) is 7.48. The van der Waals surface area contributed by atoms with E-state index in [0.29, 0.717) is 10.8 Å². The van der Waals surface area contributed by atoms with Gasteiger partial charge in [0.25, 0.3) is 0 Å². The molecule has 0 atom stereocenters. The number of aryl methyl sites for hydroxylation is 1. The van der Waals surface area contributed by atoms with E-state index in [1.165, 1.54) is 0 Å². The molecule has 0 spiro atoms. The van der Waals surface area contributed by atoms with E-state index in [0.717, 1.165) is 33.5 Å². The lowest BCUT2D eigenvalue weighted by molar-refractivity contribution is 0.898. The van der Waals surface area contributed by atoms with Gasteiger partial charge in [-0.3, -0.25) is 0 Å². The molecule has 0 saturated carbocycles. The summed E-state index contributed by atoms with van der Waals surface area (Å²) in [5.74, 6) is 0.370. The number of rotatable bonds is 2. The molecular formula is C18H14ClN5. The number of anilines is 1. The molecule has 2 N–H and O–H groups in total. The molecule has 24 heavy (non-hydrogen) atoms. The number of hydrogen-bond acceptors (Lipinski definition) is 4. The predicted molar refractivity (Wildman–Crippen MR) is 96.3 cm³/mol. The van der Waals surface area contributed by atoms with Gasteiger partial charge in [0.15, 0.2) is 5.82 Å². The first kappa shape index (κ1) is 14.7. The van der Waals surface area contributed by atoms with Gasteiger partial charge >= 0.3 is 0 Å². The standard InChI is InChI=1S/C18H14ClN5/c1-11-16-15(18(20)22-21-11)17(12-5-3-2-4-6-12)24(23-16)14-9-7-13(19)8-10-14/h2-10H,1H3,(H2,20,22). The van der Waals surface area contributed by atoms with E-state index in [9.17, 15) is 0 Å². The zero-order valence-corrected chi connectivity index (χ0v) is 13.7. The lowest BCUT2D eigenvalue weighted by Gasteiger charge is -2.08. The number of fused-ring (bicyclic) bond motifs is 1. The van der Waals surface area contributed by atoms with Gasteiger partial charge in [0.1, 0.15) is 5.52 Å². The van der Waals surface area contributed by atoms with Crippen molar-refractivity contribution in [3.05, 3.63) is 65.3 Å². The van der Waals surface area contributed by atoms with Crippen molar-refractivity contribution < 1.29 is 0 Å². The molecule has 4 aromatic rings. The number of nitrogen functional groups attached to an aromatic ring is 1. The van der Waals surface area contributed by atoms with E-state index in [-0.39, 0.29) is 0 Å². The molecule has 0 aliphatic carbocycles. The van der Waals surface area contributed by atoms with Crippen LogP contribution in [0.5, 0.6) is 0 Å². The molecule has 0 bridgehead atoms. The quantitative estimate of drug-likeness (QED) is 0.600. The van der Waals surface area contributed by atoms with E-state index < -0.39 is 0 Å². The Bertz CT molecular complexity index is 1020. The molecule has 2 aromatic heterocycles. The molecule has 4 rings (SSSR count). The smallest absolute Gasteiger partial charge is 0.157 e. The monoisotopic (exact) mass is 335 g/mol. The second kappa shape index (κ2) is 5.62. The zero-order valence-electron chi connectivity index (χ0n) is 12.9. The molecule has 0 fully saturated rings. The van der Waals surface area contributed by atoms with Crippen LogP contribution in [0.4, 0.5) is 5.82 Å². The Kier molecular flexibility index (Phi) is 3.43. The van der Waals surface area contributed by atoms with E-state index in [2.05, 4.69) is 10.2 Å². The fraction of sp³-hybridized carbons (Fsp3) is 0.0556. The molecule has 0 saturated heterocycles. The number of nitrogens with zero attached hydrogens (tertiary/aromatic N) is 4. The topological polar surface area (TPSA) is 69.6 Å². The van der Waals surface area contributed by atoms with Gasteiger partial charge in [-0.25, -0.2) is 4.68 Å². The van der Waals surface area contributed by atoms with Crippen LogP contribution in [0, 0.1) is 6.92 Å². The first-order chi connectivity index (χ1) is 11.6. The molecule has 2 aromatic carbocycles. The molecule has 2 heterocycles. The Morgan fingerprint density at radius 2 is 1.67 bits per heavy atom. The van der Waals surface area contributed by atoms with Gasteiger partial charge in [0, 0.05) is 10.6 Å². The fourth-order valence-corrected chi connectivity index (χ4v) is 2.90. The Morgan fingerprint density at radius 3 is 2.38 bits per heavy atom. The molecule has 118 valence electrons. The van der Waals surface area contributed by atoms with Crippen LogP contribution in [0.25, 0.3) is 27.8 Å². The van der Waals surface area contributed by atoms with Crippen LogP contribution in [-0.2, 0) is 0 Å². The van der Waals surface area contributed by atoms with Crippen molar-refractivity contribution >= 4 is 28.3 Å². The maximum Gasteiger partial charge on any atom is 0.157 e. The average molecular weight is 336 g/mol. The Morgan fingerprint density at radius 1 is 0.958 bits per heavy atom. The molecule has 0 amide bonds. The van der Waals surface area contributed by atoms with Crippen molar-refractivity contribution in [2.24, 2.45) is 0 Å². The van der Waals surface area contributed by atoms with Crippen LogP contribution in [0.1, 0.15) is 5.69 Å². The van der Waals surface area contributed by atoms with Gasteiger partial charge in [-0.1, -0.05) is 41.9 Å². The van der Waals surface area contributed by atoms with Crippen LogP contribution in [0.3, 0.4) is 0 Å². The SMILES string of the molecule is Cc1nnc(N)c2c(-c3ccccc3)n(-c3ccc(Cl)cc3)nc12. The summed E-state index contributed by atoms with van der Waals surface area (Å²) in [5.41, 5.74) is 10.4. The van der Waals surface area contributed by atoms with Gasteiger partial charge in [0.2, 0.25) is 0 Å². The van der Waals surface area contributed by atoms with Crippen LogP contribution in [0.15, 0.2) is 54.6 Å². The van der Waals surface area contributed by atoms with Crippen molar-refractivity contribution in [2.45, 2.75) is 6.92 Å². The molecule has 5 nitrogen and oxygen atoms in total. The van der Waals surface area contributed by atoms with Crippen molar-refractivity contribution in [3.63, 3.8) is 0 Å². The van der Waals surface area contributed by atoms with Crippen molar-refractivity contribution in [2.75, 3.05) is 5.73 Å². The van der Waals surface area contributed by atoms with E-state index in [1.54, 1.807) is 0 Å². The minimum Gasteiger partial charge on any atom is -0.382 e. The van der Waals surface area contributed by atoms with Crippen LogP contribution in [0.2, 0.25) is 5.02 Å². The molecule has 0 unspecified atom stereocenters. The van der Waals surface area contributed by atoms with Crippen molar-refractivity contribution in [1.82, 2.24) is 20.0 Å². The largest absolute Gasteiger partial charge is 0.382 e. The average Bonchev–Trinajstić information content (AvgIpc) is 3.01. The van der Waals surface area contributed by atoms with E-state index in [1.807, 2.05) is 66.2 Å². The van der Waals surface area contributed by atoms with E-state index >= 15 is 0 Å². The maximum atomic E-state index is 6.13. The van der Waals surface area contributed by atoms with Crippen LogP contribution < -0.4 is 5.73 Å². The van der Waals surface area contributed by atoms with Crippen molar-refractivity contribution in [1.29, 1.82) is 0 Å². The van der Waals surface area contributed by atoms with Gasteiger partial charge in [0.05, 0.1) is 22.5 Å². The zero-order chi connectivity index (χ0) is 16.7. The number of halogens is 1. The lowest BCUT2D eigenvalue weighted by Crippen LogP contribution is -1.99. The number of benzene rings is 2. The Hall–Kier alpha value is -2.92. The number of aromatic nitrogens is 4. The lowest BCUT2D eigenvalue weighted by atomic mass is 10.1. The summed E-state index contributed by atoms with van der Waals surface area (Å²) in [6, 6.07) is 17.5. The highest BCUT2D eigenvalue weighted by atomic mass is 35.5. The summed E-state index contributed by atoms with van der Waals surface area (Å²) in [6.07, 6.45) is 0. The summed E-state index contributed by atoms with van der Waals surface area (Å²) in [5, 5.41) is 14.4. The summed E-state index contributed by atoms with van der Waals surface area (Å²) < 4.78 is 1.86. The second-order valence-corrected chi connectivity index (χ2v) is 5.93. The van der Waals surface area contributed by atoms with Gasteiger partial charge in [-0.15, -0.1) is 5.10 Å². The molecular weight excluding hydrogens is 322 g/mol. The molecule has 0 aliphatic heterocycles. The van der Waals surface area contributed by atoms with Gasteiger partial charge in [-0.2, -0.15) is 10.2 Å². The highest BCUT2D eigenvalue weighted by Gasteiger charge is 2.19. The first-order valence-corrected chi connectivity index (χ1v) is 7.86. The third-order valence-corrected chi connectivity index (χ3v) is 4.16. The highest BCUT2D eigenvalue weighted by Crippen LogP contribution is 2.34. The summed E-state index contributed by atoms with van der Waals surface area (Å²) >= 11 is 6.02. The van der Waals surface area contributed by atoms with Crippen LogP contribution >= 0.6 is 11.6 Å². The number of nitrogens with two attached hydrogens (primary N) is 1. The van der Waals surface area contributed by atoms with Crippen molar-refractivity contribution in [3.8, 4) is 16.9 Å². The maximum absolute atomic E-state index is 6.13. The predicted octanol–water partition coefficient (Wildman–Crippen LogP) is 4.03. The minimum atomic E-state index is 0.370. The normalized spacial score (nSPS) is 11.1. The summed E-state index contributed by atoms with van der Waals surface area (Å²) in [4.78, 5) is 0. The summed E-state index contributed by atoms with van der Waals surface area (Å²) in [6.45, 7) is 1.88. The highest BCUT2D eigenvalue weighted by molar-refractivity contribution is 6.30. The van der Waals surface area contributed by atoms with Gasteiger partial charge in [-0.05, 0) is 31.2 Å².